The Balaban J connectivity index is 1.99. The summed E-state index contributed by atoms with van der Waals surface area (Å²) in [6.07, 6.45) is 0.855. The minimum Gasteiger partial charge on any atom is -0.490 e. The van der Waals surface area contributed by atoms with Gasteiger partial charge in [-0.1, -0.05) is 19.9 Å². The Hall–Kier alpha value is -2.28. The zero-order valence-electron chi connectivity index (χ0n) is 17.6. The van der Waals surface area contributed by atoms with Gasteiger partial charge < -0.3 is 25.0 Å². The van der Waals surface area contributed by atoms with Crippen molar-refractivity contribution in [2.75, 3.05) is 33.4 Å². The lowest BCUT2D eigenvalue weighted by molar-refractivity contribution is -0.862. The highest BCUT2D eigenvalue weighted by Crippen LogP contribution is 2.34. The van der Waals surface area contributed by atoms with E-state index in [-0.39, 0.29) is 42.9 Å². The highest BCUT2D eigenvalue weighted by atomic mass is 16.5. The fourth-order valence-electron chi connectivity index (χ4n) is 3.22. The summed E-state index contributed by atoms with van der Waals surface area (Å²) in [7, 11) is 1.84. The van der Waals surface area contributed by atoms with Crippen LogP contribution in [0, 0.1) is 5.92 Å². The summed E-state index contributed by atoms with van der Waals surface area (Å²) < 4.78 is 11.5. The minimum absolute atomic E-state index is 0.0522. The fraction of sp³-hybridized carbons (Fsp3) is 0.619. The smallest absolute Gasteiger partial charge is 0.275 e. The van der Waals surface area contributed by atoms with E-state index < -0.39 is 0 Å². The molecule has 1 heterocycles. The molecule has 2 amide bonds. The number of nitrogens with one attached hydrogen (secondary N) is 3. The van der Waals surface area contributed by atoms with Gasteiger partial charge in [0.2, 0.25) is 0 Å². The molecule has 3 N–H and O–H groups in total. The van der Waals surface area contributed by atoms with Crippen molar-refractivity contribution in [1.29, 1.82) is 0 Å². The van der Waals surface area contributed by atoms with E-state index in [9.17, 15) is 9.59 Å². The normalized spacial score (nSPS) is 15.7. The molecule has 0 spiro atoms. The Morgan fingerprint density at radius 3 is 2.21 bits per heavy atom. The number of ether oxygens (including phenoxy) is 2. The maximum Gasteiger partial charge on any atom is 0.275 e. The first-order chi connectivity index (χ1) is 13.3. The minimum atomic E-state index is -0.137. The van der Waals surface area contributed by atoms with Crippen LogP contribution in [0.2, 0.25) is 0 Å². The second-order valence-electron chi connectivity index (χ2n) is 8.08. The molecule has 0 aliphatic carbocycles. The molecule has 2 rings (SSSR count). The Labute approximate surface area is 167 Å². The number of hydrogen-bond donors (Lipinski definition) is 3. The van der Waals surface area contributed by atoms with Crippen LogP contribution in [0.15, 0.2) is 18.2 Å². The van der Waals surface area contributed by atoms with E-state index in [4.69, 9.17) is 9.47 Å². The van der Waals surface area contributed by atoms with Crippen LogP contribution in [0.3, 0.4) is 0 Å². The molecule has 2 atom stereocenters. The van der Waals surface area contributed by atoms with Crippen LogP contribution in [-0.2, 0) is 9.59 Å². The second kappa shape index (κ2) is 10.3. The fourth-order valence-corrected chi connectivity index (χ4v) is 3.22. The summed E-state index contributed by atoms with van der Waals surface area (Å²) >= 11 is 0. The topological polar surface area (TPSA) is 81.1 Å². The van der Waals surface area contributed by atoms with Crippen molar-refractivity contribution < 1.29 is 24.0 Å². The van der Waals surface area contributed by atoms with Crippen LogP contribution < -0.4 is 25.0 Å². The van der Waals surface area contributed by atoms with Gasteiger partial charge in [-0.05, 0) is 37.5 Å². The predicted molar refractivity (Wildman–Crippen MR) is 108 cm³/mol. The molecule has 0 saturated carbocycles. The summed E-state index contributed by atoms with van der Waals surface area (Å²) in [6, 6.07) is 5.80. The van der Waals surface area contributed by atoms with Gasteiger partial charge in [0.1, 0.15) is 0 Å². The van der Waals surface area contributed by atoms with Crippen molar-refractivity contribution in [2.24, 2.45) is 5.92 Å². The third kappa shape index (κ3) is 6.71. The predicted octanol–water partition coefficient (Wildman–Crippen LogP) is 0.701. The number of benzene rings is 1. The van der Waals surface area contributed by atoms with E-state index in [2.05, 4.69) is 24.5 Å². The third-order valence-electron chi connectivity index (χ3n) is 4.49. The molecule has 1 unspecified atom stereocenters. The largest absolute Gasteiger partial charge is 0.490 e. The molecule has 28 heavy (non-hydrogen) atoms. The van der Waals surface area contributed by atoms with E-state index >= 15 is 0 Å². The molecule has 7 nitrogen and oxygen atoms in total. The van der Waals surface area contributed by atoms with Crippen LogP contribution in [-0.4, -0.2) is 51.2 Å². The molecule has 1 aliphatic heterocycles. The van der Waals surface area contributed by atoms with Crippen molar-refractivity contribution in [1.82, 2.24) is 10.6 Å². The standard InChI is InChI=1S/C21H33N3O4/c1-14(2)21(16-7-8-17-18(11-16)28-10-6-9-27-17)23-20(26)13-24(5)12-19(25)22-15(3)4/h7-8,11,14-15,21H,6,9-10,12-13H2,1-5H3,(H,22,25)(H,23,26)/p+1/t21-/m1/s1. The van der Waals surface area contributed by atoms with E-state index in [1.807, 2.05) is 39.1 Å². The van der Waals surface area contributed by atoms with Gasteiger partial charge in [0, 0.05) is 12.5 Å². The van der Waals surface area contributed by atoms with E-state index in [0.29, 0.717) is 13.2 Å². The molecule has 0 saturated heterocycles. The highest BCUT2D eigenvalue weighted by Gasteiger charge is 2.23. The maximum atomic E-state index is 12.6. The van der Waals surface area contributed by atoms with Gasteiger partial charge in [0.05, 0.1) is 26.3 Å². The number of likely N-dealkylation sites (N-methyl/N-ethyl adjacent to an activating group) is 1. The Bertz CT molecular complexity index is 676. The average Bonchev–Trinajstić information content (AvgIpc) is 2.83. The molecule has 1 aliphatic rings. The van der Waals surface area contributed by atoms with Gasteiger partial charge in [0.15, 0.2) is 24.6 Å². The lowest BCUT2D eigenvalue weighted by Crippen LogP contribution is -3.11. The first-order valence-corrected chi connectivity index (χ1v) is 10.1. The number of amides is 2. The maximum absolute atomic E-state index is 12.6. The van der Waals surface area contributed by atoms with Crippen molar-refractivity contribution in [2.45, 2.75) is 46.2 Å². The zero-order valence-corrected chi connectivity index (χ0v) is 17.6. The summed E-state index contributed by atoms with van der Waals surface area (Å²) in [5.74, 6) is 1.54. The zero-order chi connectivity index (χ0) is 20.7. The Morgan fingerprint density at radius 1 is 1.00 bits per heavy atom. The SMILES string of the molecule is CC(C)NC(=O)C[NH+](C)CC(=O)N[C@@H](c1ccc2c(c1)OCCCO2)C(C)C. The van der Waals surface area contributed by atoms with Crippen LogP contribution in [0.25, 0.3) is 0 Å². The molecule has 1 aromatic rings. The quantitative estimate of drug-likeness (QED) is 0.608. The second-order valence-corrected chi connectivity index (χ2v) is 8.08. The van der Waals surface area contributed by atoms with E-state index in [1.54, 1.807) is 0 Å². The summed E-state index contributed by atoms with van der Waals surface area (Å²) in [5, 5.41) is 5.96. The first kappa shape index (κ1) is 22.0. The van der Waals surface area contributed by atoms with Crippen LogP contribution >= 0.6 is 0 Å². The number of carbonyl (C=O) groups excluding carboxylic acids is 2. The number of quaternary nitrogens is 1. The van der Waals surface area contributed by atoms with Gasteiger partial charge in [-0.25, -0.2) is 0 Å². The molecule has 0 radical (unpaired) electrons. The molecule has 0 bridgehead atoms. The van der Waals surface area contributed by atoms with Gasteiger partial charge in [-0.2, -0.15) is 0 Å². The monoisotopic (exact) mass is 392 g/mol. The van der Waals surface area contributed by atoms with Crippen molar-refractivity contribution in [3.05, 3.63) is 23.8 Å². The lowest BCUT2D eigenvalue weighted by atomic mass is 9.95. The summed E-state index contributed by atoms with van der Waals surface area (Å²) in [4.78, 5) is 25.3. The van der Waals surface area contributed by atoms with Crippen molar-refractivity contribution >= 4 is 11.8 Å². The molecular formula is C21H34N3O4+. The van der Waals surface area contributed by atoms with Crippen LogP contribution in [0.1, 0.15) is 45.7 Å². The van der Waals surface area contributed by atoms with Gasteiger partial charge in [-0.3, -0.25) is 9.59 Å². The molecule has 7 heteroatoms. The van der Waals surface area contributed by atoms with Gasteiger partial charge in [-0.15, -0.1) is 0 Å². The van der Waals surface area contributed by atoms with Crippen molar-refractivity contribution in [3.8, 4) is 11.5 Å². The van der Waals surface area contributed by atoms with Crippen LogP contribution in [0.4, 0.5) is 0 Å². The summed E-state index contributed by atoms with van der Waals surface area (Å²) in [5.41, 5.74) is 0.989. The Kier molecular flexibility index (Phi) is 8.11. The van der Waals surface area contributed by atoms with Crippen LogP contribution in [0.5, 0.6) is 11.5 Å². The third-order valence-corrected chi connectivity index (χ3v) is 4.49. The molecule has 0 aromatic heterocycles. The number of rotatable bonds is 8. The number of fused-ring (bicyclic) bond motifs is 1. The van der Waals surface area contributed by atoms with Gasteiger partial charge in [0.25, 0.3) is 11.8 Å². The number of hydrogen-bond acceptors (Lipinski definition) is 4. The highest BCUT2D eigenvalue weighted by molar-refractivity contribution is 5.79. The van der Waals surface area contributed by atoms with Crippen molar-refractivity contribution in [3.63, 3.8) is 0 Å². The Morgan fingerprint density at radius 2 is 1.61 bits per heavy atom. The molecule has 0 fully saturated rings. The molecule has 1 aromatic carbocycles. The summed E-state index contributed by atoms with van der Waals surface area (Å²) in [6.45, 7) is 9.76. The molecular weight excluding hydrogens is 358 g/mol. The number of carbonyl (C=O) groups is 2. The van der Waals surface area contributed by atoms with E-state index in [1.165, 1.54) is 0 Å². The molecule has 156 valence electrons. The van der Waals surface area contributed by atoms with E-state index in [0.717, 1.165) is 28.4 Å². The average molecular weight is 393 g/mol. The lowest BCUT2D eigenvalue weighted by Gasteiger charge is -2.24. The van der Waals surface area contributed by atoms with Gasteiger partial charge >= 0.3 is 0 Å². The first-order valence-electron chi connectivity index (χ1n) is 10.1.